The third-order valence-corrected chi connectivity index (χ3v) is 1.97. The van der Waals surface area contributed by atoms with Crippen LogP contribution in [0.25, 0.3) is 0 Å². The van der Waals surface area contributed by atoms with E-state index in [9.17, 15) is 0 Å². The highest BCUT2D eigenvalue weighted by Crippen LogP contribution is 2.08. The van der Waals surface area contributed by atoms with Crippen molar-refractivity contribution in [2.75, 3.05) is 20.7 Å². The molecule has 1 aromatic rings. The first kappa shape index (κ1) is 12.4. The monoisotopic (exact) mass is 224 g/mol. The standard InChI is InChI=1S/C10H16N4O2/c1-5-15-7-8-6-9(13-16-8)10(11-2)14(4)12-3/h6H,3,5,7H2,1-2,4H3. The van der Waals surface area contributed by atoms with Gasteiger partial charge in [0.15, 0.2) is 17.3 Å². The van der Waals surface area contributed by atoms with Crippen molar-refractivity contribution in [1.82, 2.24) is 10.2 Å². The first-order chi connectivity index (χ1) is 7.72. The molecule has 0 aliphatic heterocycles. The van der Waals surface area contributed by atoms with E-state index >= 15 is 0 Å². The summed E-state index contributed by atoms with van der Waals surface area (Å²) < 4.78 is 10.3. The van der Waals surface area contributed by atoms with Gasteiger partial charge in [-0.1, -0.05) is 5.16 Å². The van der Waals surface area contributed by atoms with Crippen molar-refractivity contribution in [2.24, 2.45) is 10.1 Å². The number of aromatic nitrogens is 1. The van der Waals surface area contributed by atoms with Gasteiger partial charge in [0.2, 0.25) is 0 Å². The Morgan fingerprint density at radius 3 is 3.00 bits per heavy atom. The van der Waals surface area contributed by atoms with Crippen molar-refractivity contribution in [3.63, 3.8) is 0 Å². The lowest BCUT2D eigenvalue weighted by Crippen LogP contribution is -2.22. The van der Waals surface area contributed by atoms with E-state index in [4.69, 9.17) is 9.26 Å². The normalized spacial score (nSPS) is 11.6. The van der Waals surface area contributed by atoms with Crippen molar-refractivity contribution >= 4 is 12.6 Å². The third kappa shape index (κ3) is 2.90. The minimum Gasteiger partial charge on any atom is -0.374 e. The molecule has 0 bridgehead atoms. The van der Waals surface area contributed by atoms with Crippen LogP contribution >= 0.6 is 0 Å². The Balaban J connectivity index is 2.79. The highest BCUT2D eigenvalue weighted by Gasteiger charge is 2.13. The number of rotatable bonds is 5. The van der Waals surface area contributed by atoms with Crippen molar-refractivity contribution in [3.05, 3.63) is 17.5 Å². The largest absolute Gasteiger partial charge is 0.374 e. The van der Waals surface area contributed by atoms with Gasteiger partial charge in [-0.15, -0.1) is 0 Å². The molecule has 0 unspecified atom stereocenters. The Labute approximate surface area is 94.6 Å². The van der Waals surface area contributed by atoms with Gasteiger partial charge in [-0.2, -0.15) is 5.10 Å². The number of aliphatic imine (C=N–C) groups is 1. The van der Waals surface area contributed by atoms with Gasteiger partial charge in [0, 0.05) is 33.5 Å². The van der Waals surface area contributed by atoms with Gasteiger partial charge in [0.05, 0.1) is 0 Å². The van der Waals surface area contributed by atoms with Gasteiger partial charge in [0.1, 0.15) is 6.61 Å². The van der Waals surface area contributed by atoms with Gasteiger partial charge >= 0.3 is 0 Å². The van der Waals surface area contributed by atoms with E-state index < -0.39 is 0 Å². The van der Waals surface area contributed by atoms with Crippen LogP contribution in [-0.4, -0.2) is 43.4 Å². The second kappa shape index (κ2) is 6.02. The van der Waals surface area contributed by atoms with Crippen LogP contribution < -0.4 is 0 Å². The Bertz CT molecular complexity index is 373. The molecule has 0 spiro atoms. The van der Waals surface area contributed by atoms with Crippen molar-refractivity contribution in [3.8, 4) is 0 Å². The molecule has 0 N–H and O–H groups in total. The maximum Gasteiger partial charge on any atom is 0.173 e. The molecule has 16 heavy (non-hydrogen) atoms. The smallest absolute Gasteiger partial charge is 0.173 e. The zero-order valence-electron chi connectivity index (χ0n) is 9.80. The molecule has 0 aliphatic carbocycles. The van der Waals surface area contributed by atoms with Gasteiger partial charge < -0.3 is 9.26 Å². The summed E-state index contributed by atoms with van der Waals surface area (Å²) in [6.45, 7) is 6.39. The molecule has 1 aromatic heterocycles. The maximum absolute atomic E-state index is 5.21. The highest BCUT2D eigenvalue weighted by atomic mass is 16.5. The SMILES string of the molecule is C=NN(C)C(=NC)c1cc(COCC)on1. The van der Waals surface area contributed by atoms with Crippen LogP contribution in [-0.2, 0) is 11.3 Å². The second-order valence-corrected chi connectivity index (χ2v) is 3.03. The van der Waals surface area contributed by atoms with Crippen molar-refractivity contribution < 1.29 is 9.26 Å². The molecule has 0 fully saturated rings. The fraction of sp³-hybridized carbons (Fsp3) is 0.500. The zero-order valence-corrected chi connectivity index (χ0v) is 9.80. The Morgan fingerprint density at radius 2 is 2.44 bits per heavy atom. The maximum atomic E-state index is 5.21. The van der Waals surface area contributed by atoms with Gasteiger partial charge in [0.25, 0.3) is 0 Å². The topological polar surface area (TPSA) is 63.2 Å². The Kier molecular flexibility index (Phi) is 4.65. The van der Waals surface area contributed by atoms with Gasteiger partial charge in [-0.05, 0) is 6.92 Å². The molecule has 1 heterocycles. The van der Waals surface area contributed by atoms with Crippen LogP contribution in [0.4, 0.5) is 0 Å². The van der Waals surface area contributed by atoms with Crippen LogP contribution in [0.1, 0.15) is 18.4 Å². The number of nitrogens with zero attached hydrogens (tertiary/aromatic N) is 4. The number of hydrazone groups is 1. The quantitative estimate of drug-likeness (QED) is 0.427. The highest BCUT2D eigenvalue weighted by molar-refractivity contribution is 5.96. The molecule has 0 saturated heterocycles. The zero-order chi connectivity index (χ0) is 12.0. The number of ether oxygens (including phenoxy) is 1. The van der Waals surface area contributed by atoms with E-state index in [1.165, 1.54) is 5.01 Å². The van der Waals surface area contributed by atoms with Crippen molar-refractivity contribution in [1.29, 1.82) is 0 Å². The third-order valence-electron chi connectivity index (χ3n) is 1.97. The lowest BCUT2D eigenvalue weighted by atomic mass is 10.3. The second-order valence-electron chi connectivity index (χ2n) is 3.03. The molecule has 0 saturated carbocycles. The summed E-state index contributed by atoms with van der Waals surface area (Å²) in [7, 11) is 3.40. The van der Waals surface area contributed by atoms with Gasteiger partial charge in [-0.25, -0.2) is 5.01 Å². The molecule has 0 aliphatic rings. The summed E-state index contributed by atoms with van der Waals surface area (Å²) >= 11 is 0. The van der Waals surface area contributed by atoms with Crippen LogP contribution in [0.5, 0.6) is 0 Å². The summed E-state index contributed by atoms with van der Waals surface area (Å²) in [5.74, 6) is 1.26. The van der Waals surface area contributed by atoms with Crippen LogP contribution in [0.15, 0.2) is 20.7 Å². The predicted octanol–water partition coefficient (Wildman–Crippen LogP) is 1.13. The number of hydrogen-bond donors (Lipinski definition) is 0. The molecular weight excluding hydrogens is 208 g/mol. The summed E-state index contributed by atoms with van der Waals surface area (Å²) in [6, 6.07) is 1.78. The van der Waals surface area contributed by atoms with Crippen LogP contribution in [0.3, 0.4) is 0 Å². The van der Waals surface area contributed by atoms with E-state index in [-0.39, 0.29) is 0 Å². The van der Waals surface area contributed by atoms with E-state index in [1.54, 1.807) is 20.2 Å². The van der Waals surface area contributed by atoms with Crippen molar-refractivity contribution in [2.45, 2.75) is 13.5 Å². The Morgan fingerprint density at radius 1 is 1.69 bits per heavy atom. The fourth-order valence-corrected chi connectivity index (χ4v) is 1.18. The average Bonchev–Trinajstić information content (AvgIpc) is 2.75. The molecule has 0 aromatic carbocycles. The van der Waals surface area contributed by atoms with Gasteiger partial charge in [-0.3, -0.25) is 4.99 Å². The minimum absolute atomic E-state index is 0.408. The molecule has 0 atom stereocenters. The first-order valence-corrected chi connectivity index (χ1v) is 4.93. The number of hydrogen-bond acceptors (Lipinski definition) is 5. The summed E-state index contributed by atoms with van der Waals surface area (Å²) in [5, 5.41) is 9.17. The van der Waals surface area contributed by atoms with Crippen LogP contribution in [0.2, 0.25) is 0 Å². The van der Waals surface area contributed by atoms with Crippen LogP contribution in [0, 0.1) is 0 Å². The van der Waals surface area contributed by atoms with E-state index in [2.05, 4.69) is 22.0 Å². The predicted molar refractivity (Wildman–Crippen MR) is 61.6 cm³/mol. The van der Waals surface area contributed by atoms with E-state index in [0.717, 1.165) is 0 Å². The molecule has 0 radical (unpaired) electrons. The van der Waals surface area contributed by atoms with E-state index in [1.807, 2.05) is 6.92 Å². The summed E-state index contributed by atoms with van der Waals surface area (Å²) in [5.41, 5.74) is 0.618. The lowest BCUT2D eigenvalue weighted by Gasteiger charge is -2.11. The molecule has 6 heteroatoms. The molecule has 0 amide bonds. The first-order valence-electron chi connectivity index (χ1n) is 4.93. The minimum atomic E-state index is 0.408. The summed E-state index contributed by atoms with van der Waals surface area (Å²) in [4.78, 5) is 4.07. The fourth-order valence-electron chi connectivity index (χ4n) is 1.18. The van der Waals surface area contributed by atoms with E-state index in [0.29, 0.717) is 30.5 Å². The molecule has 1 rings (SSSR count). The molecule has 88 valence electrons. The summed E-state index contributed by atoms with van der Waals surface area (Å²) in [6.07, 6.45) is 0. The molecule has 6 nitrogen and oxygen atoms in total. The Hall–Kier alpha value is -1.69. The average molecular weight is 224 g/mol. The number of amidine groups is 1. The lowest BCUT2D eigenvalue weighted by molar-refractivity contribution is 0.112. The molecular formula is C10H16N4O2.